The van der Waals surface area contributed by atoms with E-state index in [0.29, 0.717) is 13.0 Å². The van der Waals surface area contributed by atoms with Gasteiger partial charge in [0, 0.05) is 25.8 Å². The predicted molar refractivity (Wildman–Crippen MR) is 73.7 cm³/mol. The summed E-state index contributed by atoms with van der Waals surface area (Å²) in [7, 11) is 3.98. The van der Waals surface area contributed by atoms with Crippen molar-refractivity contribution in [2.75, 3.05) is 25.6 Å². The van der Waals surface area contributed by atoms with E-state index in [-0.39, 0.29) is 0 Å². The molecule has 1 atom stereocenters. The molecule has 0 aromatic heterocycles. The maximum Gasteiger partial charge on any atom is 0.121 e. The zero-order valence-corrected chi connectivity index (χ0v) is 11.3. The van der Waals surface area contributed by atoms with Gasteiger partial charge in [-0.3, -0.25) is 0 Å². The Balaban J connectivity index is 2.41. The minimum Gasteiger partial charge on any atom is -0.494 e. The highest BCUT2D eigenvalue weighted by atomic mass is 16.5. The van der Waals surface area contributed by atoms with Crippen molar-refractivity contribution in [1.82, 2.24) is 0 Å². The summed E-state index contributed by atoms with van der Waals surface area (Å²) in [6, 6.07) is 9.99. The van der Waals surface area contributed by atoms with Crippen LogP contribution in [0.25, 0.3) is 0 Å². The first-order valence-corrected chi connectivity index (χ1v) is 6.05. The van der Waals surface area contributed by atoms with Crippen LogP contribution in [0.15, 0.2) is 24.3 Å². The molecule has 0 aliphatic carbocycles. The van der Waals surface area contributed by atoms with E-state index >= 15 is 0 Å². The van der Waals surface area contributed by atoms with Gasteiger partial charge in [0.2, 0.25) is 0 Å². The molecule has 0 heterocycles. The van der Waals surface area contributed by atoms with E-state index in [9.17, 15) is 0 Å². The number of benzene rings is 1. The SMILES string of the molecule is CN(C)c1cccc(OCCCC(C)(N)C#N)c1. The average Bonchev–Trinajstić information content (AvgIpc) is 2.35. The lowest BCUT2D eigenvalue weighted by Crippen LogP contribution is -2.34. The Bertz CT molecular complexity index is 421. The molecule has 0 amide bonds. The Morgan fingerprint density at radius 1 is 1.44 bits per heavy atom. The molecule has 98 valence electrons. The Morgan fingerprint density at radius 3 is 2.78 bits per heavy atom. The predicted octanol–water partition coefficient (Wildman–Crippen LogP) is 2.15. The van der Waals surface area contributed by atoms with E-state index in [0.717, 1.165) is 17.9 Å². The minimum absolute atomic E-state index is 0.575. The molecular formula is C14H21N3O. The van der Waals surface area contributed by atoms with Gasteiger partial charge in [0.25, 0.3) is 0 Å². The molecule has 0 aliphatic heterocycles. The lowest BCUT2D eigenvalue weighted by Gasteiger charge is -2.16. The molecule has 1 aromatic carbocycles. The fourth-order valence-corrected chi connectivity index (χ4v) is 1.54. The number of anilines is 1. The summed E-state index contributed by atoms with van der Waals surface area (Å²) in [5, 5.41) is 8.79. The second kappa shape index (κ2) is 6.27. The molecule has 0 spiro atoms. The van der Waals surface area contributed by atoms with Crippen molar-refractivity contribution in [3.63, 3.8) is 0 Å². The van der Waals surface area contributed by atoms with Crippen LogP contribution in [-0.2, 0) is 0 Å². The molecule has 2 N–H and O–H groups in total. The highest BCUT2D eigenvalue weighted by Crippen LogP contribution is 2.19. The first-order valence-electron chi connectivity index (χ1n) is 6.05. The van der Waals surface area contributed by atoms with Gasteiger partial charge in [0.15, 0.2) is 0 Å². The molecule has 0 fully saturated rings. The van der Waals surface area contributed by atoms with E-state index in [2.05, 4.69) is 6.07 Å². The van der Waals surface area contributed by atoms with Crippen molar-refractivity contribution < 1.29 is 4.74 Å². The fraction of sp³-hybridized carbons (Fsp3) is 0.500. The molecule has 0 saturated carbocycles. The van der Waals surface area contributed by atoms with Crippen LogP contribution in [-0.4, -0.2) is 26.2 Å². The van der Waals surface area contributed by atoms with E-state index in [1.807, 2.05) is 43.3 Å². The third kappa shape index (κ3) is 4.64. The van der Waals surface area contributed by atoms with Crippen LogP contribution in [0, 0.1) is 11.3 Å². The second-order valence-corrected chi connectivity index (χ2v) is 4.87. The first-order chi connectivity index (χ1) is 8.44. The van der Waals surface area contributed by atoms with Crippen LogP contribution < -0.4 is 15.4 Å². The number of hydrogen-bond acceptors (Lipinski definition) is 4. The van der Waals surface area contributed by atoms with Crippen molar-refractivity contribution in [2.45, 2.75) is 25.3 Å². The summed E-state index contributed by atoms with van der Waals surface area (Å²) >= 11 is 0. The largest absolute Gasteiger partial charge is 0.494 e. The number of nitrogens with zero attached hydrogens (tertiary/aromatic N) is 2. The number of hydrogen-bond donors (Lipinski definition) is 1. The maximum absolute atomic E-state index is 8.79. The third-order valence-electron chi connectivity index (χ3n) is 2.70. The molecule has 4 heteroatoms. The van der Waals surface area contributed by atoms with E-state index in [4.69, 9.17) is 15.7 Å². The molecule has 4 nitrogen and oxygen atoms in total. The van der Waals surface area contributed by atoms with Gasteiger partial charge < -0.3 is 15.4 Å². The molecule has 0 bridgehead atoms. The summed E-state index contributed by atoms with van der Waals surface area (Å²) in [6.45, 7) is 2.31. The lowest BCUT2D eigenvalue weighted by molar-refractivity contribution is 0.296. The summed E-state index contributed by atoms with van der Waals surface area (Å²) < 4.78 is 5.65. The summed E-state index contributed by atoms with van der Waals surface area (Å²) in [5.41, 5.74) is 6.09. The molecule has 0 saturated heterocycles. The van der Waals surface area contributed by atoms with Crippen LogP contribution in [0.4, 0.5) is 5.69 Å². The monoisotopic (exact) mass is 247 g/mol. The van der Waals surface area contributed by atoms with Crippen molar-refractivity contribution in [3.8, 4) is 11.8 Å². The Kier molecular flexibility index (Phi) is 4.99. The number of rotatable bonds is 6. The van der Waals surface area contributed by atoms with Gasteiger partial charge in [-0.05, 0) is 31.9 Å². The van der Waals surface area contributed by atoms with E-state index < -0.39 is 5.54 Å². The summed E-state index contributed by atoms with van der Waals surface area (Å²) in [4.78, 5) is 2.03. The van der Waals surface area contributed by atoms with Gasteiger partial charge >= 0.3 is 0 Å². The van der Waals surface area contributed by atoms with Crippen LogP contribution in [0.3, 0.4) is 0 Å². The van der Waals surface area contributed by atoms with Gasteiger partial charge in [0.1, 0.15) is 11.3 Å². The van der Waals surface area contributed by atoms with Crippen LogP contribution in [0.5, 0.6) is 5.75 Å². The zero-order valence-electron chi connectivity index (χ0n) is 11.3. The smallest absolute Gasteiger partial charge is 0.121 e. The number of nitriles is 1. The Labute approximate surface area is 109 Å². The van der Waals surface area contributed by atoms with Crippen molar-refractivity contribution in [2.24, 2.45) is 5.73 Å². The molecule has 0 radical (unpaired) electrons. The lowest BCUT2D eigenvalue weighted by atomic mass is 10.00. The third-order valence-corrected chi connectivity index (χ3v) is 2.70. The van der Waals surface area contributed by atoms with Crippen LogP contribution in [0.1, 0.15) is 19.8 Å². The number of ether oxygens (including phenoxy) is 1. The van der Waals surface area contributed by atoms with Crippen LogP contribution in [0.2, 0.25) is 0 Å². The Hall–Kier alpha value is -1.73. The molecule has 18 heavy (non-hydrogen) atoms. The van der Waals surface area contributed by atoms with Crippen molar-refractivity contribution >= 4 is 5.69 Å². The minimum atomic E-state index is -0.755. The van der Waals surface area contributed by atoms with Crippen molar-refractivity contribution in [3.05, 3.63) is 24.3 Å². The van der Waals surface area contributed by atoms with Gasteiger partial charge in [0.05, 0.1) is 12.7 Å². The summed E-state index contributed by atoms with van der Waals surface area (Å²) in [6.07, 6.45) is 1.41. The quantitative estimate of drug-likeness (QED) is 0.782. The highest BCUT2D eigenvalue weighted by Gasteiger charge is 2.16. The summed E-state index contributed by atoms with van der Waals surface area (Å²) in [5.74, 6) is 0.844. The second-order valence-electron chi connectivity index (χ2n) is 4.87. The highest BCUT2D eigenvalue weighted by molar-refractivity contribution is 5.49. The van der Waals surface area contributed by atoms with Gasteiger partial charge in [-0.15, -0.1) is 0 Å². The average molecular weight is 247 g/mol. The first kappa shape index (κ1) is 14.3. The molecule has 1 aromatic rings. The number of nitrogens with two attached hydrogens (primary N) is 1. The molecular weight excluding hydrogens is 226 g/mol. The molecule has 1 unspecified atom stereocenters. The molecule has 0 aliphatic rings. The van der Waals surface area contributed by atoms with Gasteiger partial charge in [-0.1, -0.05) is 6.07 Å². The van der Waals surface area contributed by atoms with Crippen LogP contribution >= 0.6 is 0 Å². The fourth-order valence-electron chi connectivity index (χ4n) is 1.54. The van der Waals surface area contributed by atoms with E-state index in [1.54, 1.807) is 6.92 Å². The van der Waals surface area contributed by atoms with Crippen molar-refractivity contribution in [1.29, 1.82) is 5.26 Å². The topological polar surface area (TPSA) is 62.3 Å². The Morgan fingerprint density at radius 2 is 2.17 bits per heavy atom. The van der Waals surface area contributed by atoms with E-state index in [1.165, 1.54) is 0 Å². The molecule has 1 rings (SSSR count). The van der Waals surface area contributed by atoms with Gasteiger partial charge in [-0.2, -0.15) is 5.26 Å². The normalized spacial score (nSPS) is 13.5. The maximum atomic E-state index is 8.79. The van der Waals surface area contributed by atoms with Gasteiger partial charge in [-0.25, -0.2) is 0 Å². The zero-order chi connectivity index (χ0) is 13.6. The standard InChI is InChI=1S/C14H21N3O/c1-14(16,11-15)8-5-9-18-13-7-4-6-12(10-13)17(2)3/h4,6-7,10H,5,8-9,16H2,1-3H3.